The molecule has 0 aliphatic carbocycles. The summed E-state index contributed by atoms with van der Waals surface area (Å²) in [6, 6.07) is 70.1. The maximum atomic E-state index is 6.37. The predicted octanol–water partition coefficient (Wildman–Crippen LogP) is 15.3. The Bertz CT molecular complexity index is 3570. The average Bonchev–Trinajstić information content (AvgIpc) is 3.91. The van der Waals surface area contributed by atoms with Crippen molar-refractivity contribution < 1.29 is 4.42 Å². The zero-order chi connectivity index (χ0) is 39.6. The smallest absolute Gasteiger partial charge is 0.160 e. The molecule has 0 unspecified atom stereocenters. The molecule has 0 bridgehead atoms. The number of hydrogen-bond donors (Lipinski definition) is 0. The third-order valence-corrected chi connectivity index (χ3v) is 12.7. The number of thiophene rings is 1. The highest BCUT2D eigenvalue weighted by molar-refractivity contribution is 7.26. The molecule has 12 aromatic rings. The Labute approximate surface area is 349 Å². The van der Waals surface area contributed by atoms with Gasteiger partial charge in [-0.05, 0) is 47.0 Å². The van der Waals surface area contributed by atoms with E-state index >= 15 is 0 Å². The minimum Gasteiger partial charge on any atom is -0.455 e. The molecule has 60 heavy (non-hydrogen) atoms. The van der Waals surface area contributed by atoms with Gasteiger partial charge in [-0.2, -0.15) is 0 Å². The lowest BCUT2D eigenvalue weighted by molar-refractivity contribution is 0.670. The van der Waals surface area contributed by atoms with Crippen molar-refractivity contribution in [1.82, 2.24) is 15.0 Å². The second-order valence-electron chi connectivity index (χ2n) is 15.1. The maximum absolute atomic E-state index is 6.37. The molecule has 0 saturated carbocycles. The van der Waals surface area contributed by atoms with Crippen LogP contribution in [-0.4, -0.2) is 15.0 Å². The first-order chi connectivity index (χ1) is 29.7. The molecule has 12 rings (SSSR count). The third kappa shape index (κ3) is 5.78. The summed E-state index contributed by atoms with van der Waals surface area (Å²) in [5.41, 5.74) is 14.1. The molecule has 0 aliphatic rings. The molecule has 0 aliphatic heterocycles. The highest BCUT2D eigenvalue weighted by atomic mass is 32.1. The second kappa shape index (κ2) is 14.0. The van der Waals surface area contributed by atoms with Crippen LogP contribution < -0.4 is 0 Å². The molecule has 5 heteroatoms. The Morgan fingerprint density at radius 1 is 0.383 bits per heavy atom. The molecule has 0 atom stereocenters. The van der Waals surface area contributed by atoms with Gasteiger partial charge in [0.1, 0.15) is 11.2 Å². The van der Waals surface area contributed by atoms with Gasteiger partial charge in [-0.1, -0.05) is 170 Å². The summed E-state index contributed by atoms with van der Waals surface area (Å²) < 4.78 is 8.82. The van der Waals surface area contributed by atoms with Gasteiger partial charge >= 0.3 is 0 Å². The van der Waals surface area contributed by atoms with E-state index in [4.69, 9.17) is 19.4 Å². The molecular formula is C55H33N3OS. The Kier molecular flexibility index (Phi) is 8.00. The van der Waals surface area contributed by atoms with E-state index in [0.717, 1.165) is 77.9 Å². The Hall–Kier alpha value is -7.73. The number of hydrogen-bond acceptors (Lipinski definition) is 5. The zero-order valence-corrected chi connectivity index (χ0v) is 33.0. The number of fused-ring (bicyclic) bond motifs is 8. The van der Waals surface area contributed by atoms with Gasteiger partial charge in [-0.25, -0.2) is 15.0 Å². The van der Waals surface area contributed by atoms with Crippen LogP contribution in [0.4, 0.5) is 0 Å². The van der Waals surface area contributed by atoms with Crippen LogP contribution in [0.25, 0.3) is 120 Å². The SMILES string of the molecule is c1ccc(-c2ccc3nc(-c4ccc(-c5cc(-c6ccc(-c7cccc8c7oc7ccccc78)cc6)nc(-c6ccccc6)n5)cc4)c4sc5ccccc5c4c3c2)cc1. The van der Waals surface area contributed by atoms with Gasteiger partial charge in [0.25, 0.3) is 0 Å². The molecule has 0 amide bonds. The van der Waals surface area contributed by atoms with Gasteiger partial charge in [0, 0.05) is 59.4 Å². The quantitative estimate of drug-likeness (QED) is 0.169. The van der Waals surface area contributed by atoms with Gasteiger partial charge in [0.15, 0.2) is 5.82 Å². The van der Waals surface area contributed by atoms with E-state index in [1.807, 2.05) is 41.7 Å². The first kappa shape index (κ1) is 34.3. The number of para-hydroxylation sites is 2. The van der Waals surface area contributed by atoms with E-state index in [0.29, 0.717) is 5.82 Å². The largest absolute Gasteiger partial charge is 0.455 e. The van der Waals surface area contributed by atoms with Gasteiger partial charge in [0.05, 0.1) is 27.3 Å². The summed E-state index contributed by atoms with van der Waals surface area (Å²) in [6.07, 6.45) is 0. The molecule has 280 valence electrons. The molecule has 4 nitrogen and oxygen atoms in total. The van der Waals surface area contributed by atoms with Crippen molar-refractivity contribution in [2.24, 2.45) is 0 Å². The molecule has 4 aromatic heterocycles. The number of furan rings is 1. The summed E-state index contributed by atoms with van der Waals surface area (Å²) in [4.78, 5) is 15.6. The highest BCUT2D eigenvalue weighted by Crippen LogP contribution is 2.44. The fourth-order valence-electron chi connectivity index (χ4n) is 8.54. The summed E-state index contributed by atoms with van der Waals surface area (Å²) in [6.45, 7) is 0. The fraction of sp³-hybridized carbons (Fsp3) is 0. The Balaban J connectivity index is 0.945. The lowest BCUT2D eigenvalue weighted by Crippen LogP contribution is -1.96. The van der Waals surface area contributed by atoms with Gasteiger partial charge < -0.3 is 4.42 Å². The van der Waals surface area contributed by atoms with Crippen LogP contribution in [-0.2, 0) is 0 Å². The van der Waals surface area contributed by atoms with Crippen LogP contribution in [0.2, 0.25) is 0 Å². The van der Waals surface area contributed by atoms with Crippen LogP contribution in [0.15, 0.2) is 205 Å². The lowest BCUT2D eigenvalue weighted by Gasteiger charge is -2.12. The second-order valence-corrected chi connectivity index (χ2v) is 16.2. The number of rotatable bonds is 6. The number of nitrogens with zero attached hydrogens (tertiary/aromatic N) is 3. The van der Waals surface area contributed by atoms with Crippen LogP contribution in [0.1, 0.15) is 0 Å². The molecule has 0 spiro atoms. The van der Waals surface area contributed by atoms with Gasteiger partial charge in [-0.3, -0.25) is 0 Å². The van der Waals surface area contributed by atoms with Crippen molar-refractivity contribution in [1.29, 1.82) is 0 Å². The molecule has 0 radical (unpaired) electrons. The molecule has 0 N–H and O–H groups in total. The minimum atomic E-state index is 0.682. The van der Waals surface area contributed by atoms with Crippen molar-refractivity contribution in [3.05, 3.63) is 200 Å². The van der Waals surface area contributed by atoms with Crippen LogP contribution in [0.5, 0.6) is 0 Å². The van der Waals surface area contributed by atoms with Gasteiger partial charge in [-0.15, -0.1) is 11.3 Å². The van der Waals surface area contributed by atoms with E-state index in [9.17, 15) is 0 Å². The lowest BCUT2D eigenvalue weighted by atomic mass is 9.98. The molecule has 8 aromatic carbocycles. The minimum absolute atomic E-state index is 0.682. The maximum Gasteiger partial charge on any atom is 0.160 e. The van der Waals surface area contributed by atoms with Crippen molar-refractivity contribution in [3.63, 3.8) is 0 Å². The number of benzene rings is 8. The standard InChI is InChI=1S/C55H33N3OS/c1-3-12-34(13-4-1)40-30-31-46-45(32-40)51-44-17-8-10-21-50(44)60-54(51)52(56-46)38-28-26-37(27-29-38)48-33-47(57-55(58-48)39-14-5-2-6-15-39)36-24-22-35(23-25-36)41-18-11-19-43-42-16-7-9-20-49(42)59-53(41)43/h1-33H. The van der Waals surface area contributed by atoms with E-state index in [1.165, 1.54) is 36.7 Å². The van der Waals surface area contributed by atoms with E-state index < -0.39 is 0 Å². The highest BCUT2D eigenvalue weighted by Gasteiger charge is 2.18. The monoisotopic (exact) mass is 783 g/mol. The summed E-state index contributed by atoms with van der Waals surface area (Å²) >= 11 is 1.81. The van der Waals surface area contributed by atoms with Crippen molar-refractivity contribution >= 4 is 64.4 Å². The van der Waals surface area contributed by atoms with E-state index in [2.05, 4.69) is 170 Å². The molecule has 4 heterocycles. The zero-order valence-electron chi connectivity index (χ0n) is 32.2. The van der Waals surface area contributed by atoms with Crippen molar-refractivity contribution in [2.45, 2.75) is 0 Å². The molecular weight excluding hydrogens is 751 g/mol. The average molecular weight is 784 g/mol. The summed E-state index contributed by atoms with van der Waals surface area (Å²) in [5.74, 6) is 0.682. The van der Waals surface area contributed by atoms with Crippen LogP contribution >= 0.6 is 11.3 Å². The van der Waals surface area contributed by atoms with Crippen molar-refractivity contribution in [2.75, 3.05) is 0 Å². The van der Waals surface area contributed by atoms with E-state index in [1.54, 1.807) is 0 Å². The normalized spacial score (nSPS) is 11.7. The number of aromatic nitrogens is 3. The Morgan fingerprint density at radius 2 is 0.983 bits per heavy atom. The van der Waals surface area contributed by atoms with Crippen molar-refractivity contribution in [3.8, 4) is 67.4 Å². The summed E-state index contributed by atoms with van der Waals surface area (Å²) in [7, 11) is 0. The van der Waals surface area contributed by atoms with Crippen LogP contribution in [0, 0.1) is 0 Å². The molecule has 0 fully saturated rings. The first-order valence-electron chi connectivity index (χ1n) is 20.1. The number of pyridine rings is 1. The fourth-order valence-corrected chi connectivity index (χ4v) is 9.77. The van der Waals surface area contributed by atoms with Crippen LogP contribution in [0.3, 0.4) is 0 Å². The van der Waals surface area contributed by atoms with E-state index in [-0.39, 0.29) is 0 Å². The first-order valence-corrected chi connectivity index (χ1v) is 20.9. The Morgan fingerprint density at radius 3 is 1.73 bits per heavy atom. The summed E-state index contributed by atoms with van der Waals surface area (Å²) in [5, 5.41) is 5.93. The topological polar surface area (TPSA) is 51.8 Å². The molecule has 0 saturated heterocycles. The third-order valence-electron chi connectivity index (χ3n) is 11.5. The van der Waals surface area contributed by atoms with Gasteiger partial charge in [0.2, 0.25) is 0 Å². The predicted molar refractivity (Wildman–Crippen MR) is 250 cm³/mol.